The number of rotatable bonds is 6. The second kappa shape index (κ2) is 10.1. The van der Waals surface area contributed by atoms with Gasteiger partial charge in [-0.05, 0) is 62.9 Å². The first kappa shape index (κ1) is 21.7. The van der Waals surface area contributed by atoms with Crippen LogP contribution in [0, 0.1) is 19.8 Å². The van der Waals surface area contributed by atoms with Gasteiger partial charge in [0.2, 0.25) is 5.91 Å². The molecule has 2 aromatic carbocycles. The Labute approximate surface area is 178 Å². The number of piperidine rings is 1. The van der Waals surface area contributed by atoms with Crippen LogP contribution in [0.25, 0.3) is 0 Å². The Balaban J connectivity index is 1.57. The van der Waals surface area contributed by atoms with Crippen molar-refractivity contribution in [2.45, 2.75) is 40.2 Å². The van der Waals surface area contributed by atoms with Gasteiger partial charge in [0.25, 0.3) is 0 Å². The van der Waals surface area contributed by atoms with Crippen LogP contribution in [0.5, 0.6) is 5.75 Å². The van der Waals surface area contributed by atoms with Gasteiger partial charge in [-0.15, -0.1) is 0 Å². The largest absolute Gasteiger partial charge is 0.489 e. The van der Waals surface area contributed by atoms with E-state index in [0.717, 1.165) is 35.4 Å². The zero-order valence-electron chi connectivity index (χ0n) is 17.9. The first-order valence-corrected chi connectivity index (χ1v) is 10.5. The van der Waals surface area contributed by atoms with Gasteiger partial charge < -0.3 is 19.7 Å². The molecule has 0 aromatic heterocycles. The lowest BCUT2D eigenvalue weighted by molar-refractivity contribution is -0.121. The number of hydrogen-bond donors (Lipinski definition) is 1. The van der Waals surface area contributed by atoms with Crippen molar-refractivity contribution in [1.29, 1.82) is 0 Å². The molecule has 1 aliphatic rings. The molecule has 6 heteroatoms. The average Bonchev–Trinajstić information content (AvgIpc) is 2.74. The van der Waals surface area contributed by atoms with Crippen LogP contribution >= 0.6 is 0 Å². The van der Waals surface area contributed by atoms with Crippen LogP contribution in [-0.4, -0.2) is 36.6 Å². The molecule has 1 saturated heterocycles. The molecular formula is C24H30N2O4. The molecule has 6 nitrogen and oxygen atoms in total. The van der Waals surface area contributed by atoms with Gasteiger partial charge in [0.05, 0.1) is 12.5 Å². The molecule has 1 atom stereocenters. The maximum Gasteiger partial charge on any atom is 0.409 e. The van der Waals surface area contributed by atoms with E-state index in [1.807, 2.05) is 37.3 Å². The highest BCUT2D eigenvalue weighted by atomic mass is 16.6. The summed E-state index contributed by atoms with van der Waals surface area (Å²) >= 11 is 0. The van der Waals surface area contributed by atoms with Crippen molar-refractivity contribution < 1.29 is 19.1 Å². The zero-order chi connectivity index (χ0) is 21.5. The summed E-state index contributed by atoms with van der Waals surface area (Å²) in [6.07, 6.45) is 1.21. The minimum Gasteiger partial charge on any atom is -0.489 e. The number of carbonyl (C=O) groups excluding carboxylic acids is 2. The second-order valence-corrected chi connectivity index (χ2v) is 7.73. The molecule has 0 bridgehead atoms. The van der Waals surface area contributed by atoms with Crippen molar-refractivity contribution in [2.24, 2.45) is 5.92 Å². The lowest BCUT2D eigenvalue weighted by atomic mass is 9.97. The van der Waals surface area contributed by atoms with Gasteiger partial charge in [-0.2, -0.15) is 0 Å². The van der Waals surface area contributed by atoms with E-state index in [-0.39, 0.29) is 17.9 Å². The quantitative estimate of drug-likeness (QED) is 0.750. The number of benzene rings is 2. The Morgan fingerprint density at radius 2 is 2.00 bits per heavy atom. The maximum absolute atomic E-state index is 12.8. The average molecular weight is 411 g/mol. The Morgan fingerprint density at radius 3 is 2.73 bits per heavy atom. The summed E-state index contributed by atoms with van der Waals surface area (Å²) in [6.45, 7) is 7.64. The van der Waals surface area contributed by atoms with Crippen molar-refractivity contribution in [3.63, 3.8) is 0 Å². The van der Waals surface area contributed by atoms with E-state index in [9.17, 15) is 9.59 Å². The molecule has 1 N–H and O–H groups in total. The molecule has 30 heavy (non-hydrogen) atoms. The number of ether oxygens (including phenoxy) is 2. The lowest BCUT2D eigenvalue weighted by Crippen LogP contribution is -2.44. The van der Waals surface area contributed by atoms with Gasteiger partial charge in [-0.3, -0.25) is 4.79 Å². The van der Waals surface area contributed by atoms with E-state index in [1.165, 1.54) is 5.56 Å². The Morgan fingerprint density at radius 1 is 1.17 bits per heavy atom. The minimum absolute atomic E-state index is 0.0690. The smallest absolute Gasteiger partial charge is 0.409 e. The summed E-state index contributed by atoms with van der Waals surface area (Å²) in [5, 5.41) is 3.01. The van der Waals surface area contributed by atoms with Gasteiger partial charge in [-0.25, -0.2) is 4.79 Å². The summed E-state index contributed by atoms with van der Waals surface area (Å²) in [5.74, 6) is 0.457. The standard InChI is InChI=1S/C24H30N2O4/c1-4-29-24(28)26-12-6-9-20(15-26)23(27)25-22-11-10-21(14-18(22)3)30-16-19-8-5-7-17(2)13-19/h5,7-8,10-11,13-14,20H,4,6,9,12,15-16H2,1-3H3,(H,25,27). The van der Waals surface area contributed by atoms with E-state index in [1.54, 1.807) is 11.8 Å². The molecule has 0 radical (unpaired) electrons. The van der Waals surface area contributed by atoms with Crippen molar-refractivity contribution in [1.82, 2.24) is 4.90 Å². The highest BCUT2D eigenvalue weighted by molar-refractivity contribution is 5.93. The van der Waals surface area contributed by atoms with Crippen LogP contribution < -0.4 is 10.1 Å². The first-order valence-electron chi connectivity index (χ1n) is 10.5. The van der Waals surface area contributed by atoms with Gasteiger partial charge in [0, 0.05) is 18.8 Å². The summed E-state index contributed by atoms with van der Waals surface area (Å²) < 4.78 is 11.0. The highest BCUT2D eigenvalue weighted by Gasteiger charge is 2.29. The Hall–Kier alpha value is -3.02. The Kier molecular flexibility index (Phi) is 7.33. The van der Waals surface area contributed by atoms with E-state index >= 15 is 0 Å². The van der Waals surface area contributed by atoms with Crippen molar-refractivity contribution in [3.8, 4) is 5.75 Å². The van der Waals surface area contributed by atoms with E-state index in [2.05, 4.69) is 24.4 Å². The summed E-state index contributed by atoms with van der Waals surface area (Å²) in [6, 6.07) is 13.9. The highest BCUT2D eigenvalue weighted by Crippen LogP contribution is 2.25. The number of amides is 2. The molecule has 0 spiro atoms. The lowest BCUT2D eigenvalue weighted by Gasteiger charge is -2.31. The molecule has 160 valence electrons. The van der Waals surface area contributed by atoms with Gasteiger partial charge in [0.1, 0.15) is 12.4 Å². The first-order chi connectivity index (χ1) is 14.5. The monoisotopic (exact) mass is 410 g/mol. The van der Waals surface area contributed by atoms with Crippen LogP contribution in [0.3, 0.4) is 0 Å². The molecule has 2 aromatic rings. The van der Waals surface area contributed by atoms with Crippen molar-refractivity contribution >= 4 is 17.7 Å². The predicted molar refractivity (Wildman–Crippen MR) is 117 cm³/mol. The van der Waals surface area contributed by atoms with Crippen molar-refractivity contribution in [2.75, 3.05) is 25.0 Å². The fraction of sp³-hybridized carbons (Fsp3) is 0.417. The molecular weight excluding hydrogens is 380 g/mol. The summed E-state index contributed by atoms with van der Waals surface area (Å²) in [5.41, 5.74) is 4.02. The number of carbonyl (C=O) groups is 2. The van der Waals surface area contributed by atoms with E-state index < -0.39 is 0 Å². The molecule has 3 rings (SSSR count). The molecule has 0 saturated carbocycles. The molecule has 1 fully saturated rings. The summed E-state index contributed by atoms with van der Waals surface area (Å²) in [4.78, 5) is 26.3. The third kappa shape index (κ3) is 5.75. The number of hydrogen-bond acceptors (Lipinski definition) is 4. The third-order valence-corrected chi connectivity index (χ3v) is 5.26. The van der Waals surface area contributed by atoms with Crippen LogP contribution in [0.4, 0.5) is 10.5 Å². The second-order valence-electron chi connectivity index (χ2n) is 7.73. The molecule has 0 aliphatic carbocycles. The molecule has 1 heterocycles. The summed E-state index contributed by atoms with van der Waals surface area (Å²) in [7, 11) is 0. The number of likely N-dealkylation sites (tertiary alicyclic amines) is 1. The minimum atomic E-state index is -0.346. The van der Waals surface area contributed by atoms with E-state index in [0.29, 0.717) is 26.3 Å². The maximum atomic E-state index is 12.8. The van der Waals surface area contributed by atoms with Crippen LogP contribution in [0.2, 0.25) is 0 Å². The fourth-order valence-electron chi connectivity index (χ4n) is 3.64. The number of nitrogens with one attached hydrogen (secondary N) is 1. The van der Waals surface area contributed by atoms with Crippen molar-refractivity contribution in [3.05, 3.63) is 59.2 Å². The van der Waals surface area contributed by atoms with Gasteiger partial charge in [-0.1, -0.05) is 29.8 Å². The molecule has 1 unspecified atom stereocenters. The number of aryl methyl sites for hydroxylation is 2. The van der Waals surface area contributed by atoms with Crippen LogP contribution in [0.1, 0.15) is 36.5 Å². The topological polar surface area (TPSA) is 67.9 Å². The predicted octanol–water partition coefficient (Wildman–Crippen LogP) is 4.69. The van der Waals surface area contributed by atoms with E-state index in [4.69, 9.17) is 9.47 Å². The third-order valence-electron chi connectivity index (χ3n) is 5.26. The van der Waals surface area contributed by atoms with Gasteiger partial charge in [0.15, 0.2) is 0 Å². The molecule has 2 amide bonds. The zero-order valence-corrected chi connectivity index (χ0v) is 17.9. The van der Waals surface area contributed by atoms with Crippen LogP contribution in [0.15, 0.2) is 42.5 Å². The number of nitrogens with zero attached hydrogens (tertiary/aromatic N) is 1. The fourth-order valence-corrected chi connectivity index (χ4v) is 3.64. The normalized spacial score (nSPS) is 16.1. The SMILES string of the molecule is CCOC(=O)N1CCCC(C(=O)Nc2ccc(OCc3cccc(C)c3)cc2C)C1. The number of anilines is 1. The van der Waals surface area contributed by atoms with Crippen LogP contribution in [-0.2, 0) is 16.1 Å². The van der Waals surface area contributed by atoms with Gasteiger partial charge >= 0.3 is 6.09 Å². The molecule has 1 aliphatic heterocycles. The Bertz CT molecular complexity index is 897.